The molecule has 0 fully saturated rings. The van der Waals surface area contributed by atoms with E-state index in [2.05, 4.69) is 13.2 Å². The lowest BCUT2D eigenvalue weighted by Crippen LogP contribution is -2.16. The van der Waals surface area contributed by atoms with Gasteiger partial charge < -0.3 is 57.6 Å². The highest BCUT2D eigenvalue weighted by atomic mass is 16.6. The molecule has 0 spiro atoms. The summed E-state index contributed by atoms with van der Waals surface area (Å²) in [5.74, 6) is -0.832. The van der Waals surface area contributed by atoms with Gasteiger partial charge in [0.1, 0.15) is 13.2 Å². The number of aliphatic hydroxyl groups is 2. The van der Waals surface area contributed by atoms with E-state index >= 15 is 0 Å². The third-order valence-corrected chi connectivity index (χ3v) is 4.49. The van der Waals surface area contributed by atoms with Crippen LogP contribution in [0.15, 0.2) is 24.3 Å². The Labute approximate surface area is 256 Å². The lowest BCUT2D eigenvalue weighted by molar-refractivity contribution is -0.141. The summed E-state index contributed by atoms with van der Waals surface area (Å²) >= 11 is 0. The molecule has 0 aliphatic carbocycles. The number of aliphatic hydroxyl groups excluding tert-OH is 2. The Kier molecular flexibility index (Phi) is 34.6. The largest absolute Gasteiger partial charge is 0.460 e. The average molecular weight is 627 g/mol. The van der Waals surface area contributed by atoms with Crippen molar-refractivity contribution in [1.29, 1.82) is 0 Å². The van der Waals surface area contributed by atoms with E-state index in [1.807, 2.05) is 0 Å². The zero-order valence-electron chi connectivity index (χ0n) is 26.2. The van der Waals surface area contributed by atoms with E-state index in [4.69, 9.17) is 57.6 Å². The molecule has 0 heterocycles. The van der Waals surface area contributed by atoms with Crippen molar-refractivity contribution in [1.82, 2.24) is 0 Å². The van der Waals surface area contributed by atoms with Gasteiger partial charge >= 0.3 is 11.9 Å². The van der Waals surface area contributed by atoms with Crippen LogP contribution in [0.1, 0.15) is 20.8 Å². The van der Waals surface area contributed by atoms with Crippen LogP contribution in [0.2, 0.25) is 0 Å². The van der Waals surface area contributed by atoms with E-state index in [0.717, 1.165) is 0 Å². The van der Waals surface area contributed by atoms with Crippen LogP contribution in [0.25, 0.3) is 0 Å². The maximum Gasteiger partial charge on any atom is 0.333 e. The zero-order chi connectivity index (χ0) is 32.4. The third-order valence-electron chi connectivity index (χ3n) is 4.49. The van der Waals surface area contributed by atoms with Crippen LogP contribution in [0.5, 0.6) is 0 Å². The molecule has 0 aromatic rings. The summed E-state index contributed by atoms with van der Waals surface area (Å²) in [6, 6.07) is 0. The fourth-order valence-electron chi connectivity index (χ4n) is 2.27. The van der Waals surface area contributed by atoms with Crippen molar-refractivity contribution >= 4 is 11.9 Å². The molecule has 14 heteroatoms. The monoisotopic (exact) mass is 626 g/mol. The van der Waals surface area contributed by atoms with Crippen LogP contribution < -0.4 is 0 Å². The van der Waals surface area contributed by atoms with Crippen LogP contribution in [-0.4, -0.2) is 154 Å². The Hall–Kier alpha value is -1.98. The molecule has 0 radical (unpaired) electrons. The standard InChI is InChI=1S/C26H46O12.C3H8O2/c1-23(2)25(27)37-21-19-35-17-15-33-13-11-31-9-7-29-5-6-30-8-10-32-12-14-34-16-18-36-20-22-38-26(28)24(3)4;1-3(5)2-4/h1,3,5-22H2,2,4H3;3-5H,2H2,1H3. The molecule has 0 aliphatic rings. The first kappa shape index (κ1) is 43.1. The lowest BCUT2D eigenvalue weighted by atomic mass is 10.4. The van der Waals surface area contributed by atoms with Crippen LogP contribution in [0.4, 0.5) is 0 Å². The van der Waals surface area contributed by atoms with Crippen molar-refractivity contribution < 1.29 is 67.2 Å². The first-order valence-electron chi connectivity index (χ1n) is 14.3. The summed E-state index contributed by atoms with van der Waals surface area (Å²) in [6.45, 7) is 19.1. The molecular weight excluding hydrogens is 572 g/mol. The Morgan fingerprint density at radius 1 is 0.488 bits per heavy atom. The molecular formula is C29H54O14. The summed E-state index contributed by atoms with van der Waals surface area (Å²) in [5.41, 5.74) is 0.733. The lowest BCUT2D eigenvalue weighted by Gasteiger charge is -2.09. The Balaban J connectivity index is 0. The van der Waals surface area contributed by atoms with Crippen LogP contribution in [0, 0.1) is 0 Å². The van der Waals surface area contributed by atoms with Crippen molar-refractivity contribution in [2.75, 3.05) is 126 Å². The van der Waals surface area contributed by atoms with Crippen LogP contribution in [-0.2, 0) is 57.0 Å². The predicted molar refractivity (Wildman–Crippen MR) is 157 cm³/mol. The molecule has 254 valence electrons. The molecule has 0 amide bonds. The Bertz CT molecular complexity index is 620. The second-order valence-corrected chi connectivity index (χ2v) is 8.76. The van der Waals surface area contributed by atoms with Gasteiger partial charge in [0, 0.05) is 11.1 Å². The van der Waals surface area contributed by atoms with Gasteiger partial charge in [-0.05, 0) is 20.8 Å². The van der Waals surface area contributed by atoms with Gasteiger partial charge in [-0.1, -0.05) is 13.2 Å². The van der Waals surface area contributed by atoms with E-state index < -0.39 is 18.0 Å². The highest BCUT2D eigenvalue weighted by Crippen LogP contribution is 1.93. The molecule has 0 aromatic heterocycles. The van der Waals surface area contributed by atoms with E-state index in [1.54, 1.807) is 13.8 Å². The van der Waals surface area contributed by atoms with Crippen molar-refractivity contribution in [3.05, 3.63) is 24.3 Å². The molecule has 43 heavy (non-hydrogen) atoms. The quantitative estimate of drug-likeness (QED) is 0.0650. The number of rotatable bonds is 30. The summed E-state index contributed by atoms with van der Waals surface area (Å²) < 4.78 is 52.8. The first-order chi connectivity index (χ1) is 20.7. The van der Waals surface area contributed by atoms with Crippen molar-refractivity contribution in [2.45, 2.75) is 26.9 Å². The van der Waals surface area contributed by atoms with Gasteiger partial charge in [0.25, 0.3) is 0 Å². The second-order valence-electron chi connectivity index (χ2n) is 8.76. The van der Waals surface area contributed by atoms with Gasteiger partial charge in [-0.2, -0.15) is 0 Å². The van der Waals surface area contributed by atoms with Gasteiger partial charge in [0.15, 0.2) is 0 Å². The zero-order valence-corrected chi connectivity index (χ0v) is 26.2. The molecule has 0 aromatic carbocycles. The minimum Gasteiger partial charge on any atom is -0.460 e. The molecule has 2 N–H and O–H groups in total. The topological polar surface area (TPSA) is 167 Å². The molecule has 1 unspecified atom stereocenters. The Morgan fingerprint density at radius 2 is 0.651 bits per heavy atom. The fraction of sp³-hybridized carbons (Fsp3) is 0.793. The van der Waals surface area contributed by atoms with Crippen molar-refractivity contribution in [3.8, 4) is 0 Å². The molecule has 1 atom stereocenters. The predicted octanol–water partition coefficient (Wildman–Crippen LogP) is 0.717. The number of ether oxygens (including phenoxy) is 10. The van der Waals surface area contributed by atoms with Gasteiger partial charge in [-0.25, -0.2) is 9.59 Å². The molecule has 14 nitrogen and oxygen atoms in total. The summed E-state index contributed by atoms with van der Waals surface area (Å²) in [6.07, 6.45) is -0.560. The second kappa shape index (κ2) is 34.5. The number of hydrogen-bond donors (Lipinski definition) is 2. The normalized spacial score (nSPS) is 11.4. The molecule has 0 saturated heterocycles. The number of carbonyl (C=O) groups is 2. The molecule has 0 rings (SSSR count). The third kappa shape index (κ3) is 38.0. The van der Waals surface area contributed by atoms with Gasteiger partial charge in [0.2, 0.25) is 0 Å². The highest BCUT2D eigenvalue weighted by molar-refractivity contribution is 5.87. The molecule has 0 bridgehead atoms. The van der Waals surface area contributed by atoms with Gasteiger partial charge in [-0.3, -0.25) is 0 Å². The smallest absolute Gasteiger partial charge is 0.333 e. The maximum atomic E-state index is 11.2. The highest BCUT2D eigenvalue weighted by Gasteiger charge is 2.03. The summed E-state index contributed by atoms with van der Waals surface area (Å²) in [4.78, 5) is 22.3. The fourth-order valence-corrected chi connectivity index (χ4v) is 2.27. The van der Waals surface area contributed by atoms with E-state index in [9.17, 15) is 9.59 Å². The minimum atomic E-state index is -0.560. The summed E-state index contributed by atoms with van der Waals surface area (Å²) in [7, 11) is 0. The number of hydrogen-bond acceptors (Lipinski definition) is 14. The van der Waals surface area contributed by atoms with Gasteiger partial charge in [-0.15, -0.1) is 0 Å². The molecule has 0 saturated carbocycles. The van der Waals surface area contributed by atoms with Crippen molar-refractivity contribution in [3.63, 3.8) is 0 Å². The van der Waals surface area contributed by atoms with Crippen LogP contribution in [0.3, 0.4) is 0 Å². The van der Waals surface area contributed by atoms with Gasteiger partial charge in [0.05, 0.1) is 118 Å². The van der Waals surface area contributed by atoms with E-state index in [0.29, 0.717) is 117 Å². The van der Waals surface area contributed by atoms with E-state index in [1.165, 1.54) is 6.92 Å². The van der Waals surface area contributed by atoms with Crippen LogP contribution >= 0.6 is 0 Å². The molecule has 0 aliphatic heterocycles. The summed E-state index contributed by atoms with van der Waals surface area (Å²) in [5, 5.41) is 16.0. The van der Waals surface area contributed by atoms with E-state index in [-0.39, 0.29) is 19.8 Å². The minimum absolute atomic E-state index is 0.139. The number of esters is 2. The van der Waals surface area contributed by atoms with Crippen molar-refractivity contribution in [2.24, 2.45) is 0 Å². The average Bonchev–Trinajstić information content (AvgIpc) is 2.98. The number of carbonyl (C=O) groups excluding carboxylic acids is 2. The maximum absolute atomic E-state index is 11.2. The first-order valence-corrected chi connectivity index (χ1v) is 14.3. The Morgan fingerprint density at radius 3 is 0.791 bits per heavy atom. The SMILES string of the molecule is C=C(C)C(=O)OCCOCCOCCOCCOCCOCCOCCOCCOCCOC(=O)C(=C)C.CC(O)CO.